The minimum Gasteiger partial charge on any atom is -0.457 e. The summed E-state index contributed by atoms with van der Waals surface area (Å²) in [7, 11) is 0. The van der Waals surface area contributed by atoms with Crippen molar-refractivity contribution in [2.24, 2.45) is 0 Å². The Morgan fingerprint density at radius 2 is 1.49 bits per heavy atom. The van der Waals surface area contributed by atoms with Crippen LogP contribution in [0.25, 0.3) is 66.0 Å². The largest absolute Gasteiger partial charge is 0.457 e. The zero-order chi connectivity index (χ0) is 28.8. The average molecular weight is 735 g/mol. The fraction of sp³-hybridized carbons (Fsp3) is 0.128. The molecule has 0 saturated carbocycles. The Morgan fingerprint density at radius 3 is 2.30 bits per heavy atom. The van der Waals surface area contributed by atoms with E-state index in [2.05, 4.69) is 117 Å². The molecule has 0 bridgehead atoms. The Labute approximate surface area is 265 Å². The van der Waals surface area contributed by atoms with Crippen LogP contribution in [0.3, 0.4) is 0 Å². The second-order valence-electron chi connectivity index (χ2n) is 11.8. The van der Waals surface area contributed by atoms with Gasteiger partial charge in [-0.3, -0.25) is 0 Å². The molecule has 0 spiro atoms. The minimum absolute atomic E-state index is 0. The third-order valence-electron chi connectivity index (χ3n) is 7.84. The van der Waals surface area contributed by atoms with Gasteiger partial charge in [0.05, 0.1) is 0 Å². The molecule has 0 unspecified atom stereocenters. The molecule has 1 radical (unpaired) electrons. The van der Waals surface area contributed by atoms with E-state index < -0.39 is 0 Å². The Bertz CT molecular complexity index is 2190. The van der Waals surface area contributed by atoms with Crippen molar-refractivity contribution in [3.63, 3.8) is 0 Å². The predicted octanol–water partition coefficient (Wildman–Crippen LogP) is 10.3. The summed E-state index contributed by atoms with van der Waals surface area (Å²) in [5, 5.41) is 5.78. The Hall–Kier alpha value is -4.37. The predicted molar refractivity (Wildman–Crippen MR) is 174 cm³/mol. The van der Waals surface area contributed by atoms with Crippen LogP contribution in [0.5, 0.6) is 0 Å². The van der Waals surface area contributed by atoms with E-state index in [4.69, 9.17) is 4.42 Å². The van der Waals surface area contributed by atoms with Gasteiger partial charge in [-0.2, -0.15) is 0 Å². The van der Waals surface area contributed by atoms with Crippen molar-refractivity contribution in [1.29, 1.82) is 0 Å². The molecule has 4 heteroatoms. The van der Waals surface area contributed by atoms with Gasteiger partial charge in [-0.25, -0.2) is 0 Å². The van der Waals surface area contributed by atoms with Crippen LogP contribution < -0.4 is 0 Å². The Morgan fingerprint density at radius 1 is 0.698 bits per heavy atom. The number of fused-ring (bicyclic) bond motifs is 3. The van der Waals surface area contributed by atoms with Crippen LogP contribution in [-0.2, 0) is 25.5 Å². The van der Waals surface area contributed by atoms with Crippen molar-refractivity contribution in [2.75, 3.05) is 0 Å². The van der Waals surface area contributed by atoms with E-state index in [0.717, 1.165) is 44.3 Å². The van der Waals surface area contributed by atoms with Crippen LogP contribution in [0.4, 0.5) is 0 Å². The van der Waals surface area contributed by atoms with Gasteiger partial charge in [-0.05, 0) is 45.8 Å². The van der Waals surface area contributed by atoms with Crippen LogP contribution in [0.1, 0.15) is 31.9 Å². The summed E-state index contributed by atoms with van der Waals surface area (Å²) in [5.41, 5.74) is 9.77. The summed E-state index contributed by atoms with van der Waals surface area (Å²) in [5.74, 6) is 0. The number of hydrogen-bond acceptors (Lipinski definition) is 3. The third-order valence-corrected chi connectivity index (χ3v) is 7.84. The molecular formula is C39H30IrN2O-2. The molecule has 3 nitrogen and oxygen atoms in total. The molecule has 0 fully saturated rings. The normalized spacial score (nSPS) is 11.5. The van der Waals surface area contributed by atoms with Gasteiger partial charge in [-0.15, -0.1) is 64.5 Å². The zero-order valence-electron chi connectivity index (χ0n) is 24.5. The van der Waals surface area contributed by atoms with Crippen molar-refractivity contribution in [1.82, 2.24) is 9.97 Å². The van der Waals surface area contributed by atoms with Crippen LogP contribution in [0, 0.1) is 19.1 Å². The minimum atomic E-state index is 0. The molecule has 213 valence electrons. The smallest absolute Gasteiger partial charge is 0.134 e. The van der Waals surface area contributed by atoms with Gasteiger partial charge in [0.1, 0.15) is 11.2 Å². The molecule has 43 heavy (non-hydrogen) atoms. The monoisotopic (exact) mass is 735 g/mol. The summed E-state index contributed by atoms with van der Waals surface area (Å²) in [6.07, 6.45) is 3.70. The first-order chi connectivity index (χ1) is 20.4. The van der Waals surface area contributed by atoms with Crippen molar-refractivity contribution in [2.45, 2.75) is 33.1 Å². The quantitative estimate of drug-likeness (QED) is 0.131. The third kappa shape index (κ3) is 5.33. The van der Waals surface area contributed by atoms with E-state index in [9.17, 15) is 0 Å². The van der Waals surface area contributed by atoms with Gasteiger partial charge < -0.3 is 14.4 Å². The maximum atomic E-state index is 5.96. The molecule has 0 aliphatic heterocycles. The number of aromatic nitrogens is 2. The molecule has 0 aliphatic rings. The first kappa shape index (κ1) is 28.7. The topological polar surface area (TPSA) is 38.9 Å². The molecule has 0 aliphatic carbocycles. The molecule has 0 saturated heterocycles. The number of hydrogen-bond donors (Lipinski definition) is 0. The molecule has 0 N–H and O–H groups in total. The van der Waals surface area contributed by atoms with Crippen molar-refractivity contribution in [3.05, 3.63) is 133 Å². The number of benzene rings is 5. The van der Waals surface area contributed by atoms with Crippen LogP contribution >= 0.6 is 0 Å². The molecule has 5 aromatic carbocycles. The van der Waals surface area contributed by atoms with Gasteiger partial charge in [-0.1, -0.05) is 81.6 Å². The fourth-order valence-electron chi connectivity index (χ4n) is 5.66. The first-order valence-electron chi connectivity index (χ1n) is 14.2. The summed E-state index contributed by atoms with van der Waals surface area (Å²) in [4.78, 5) is 9.11. The summed E-state index contributed by atoms with van der Waals surface area (Å²) >= 11 is 0. The van der Waals surface area contributed by atoms with E-state index in [0.29, 0.717) is 0 Å². The van der Waals surface area contributed by atoms with Gasteiger partial charge >= 0.3 is 0 Å². The Kier molecular flexibility index (Phi) is 7.60. The molecule has 0 amide bonds. The second-order valence-corrected chi connectivity index (χ2v) is 11.8. The number of aryl methyl sites for hydroxylation is 1. The van der Waals surface area contributed by atoms with Crippen molar-refractivity contribution in [3.8, 4) is 22.4 Å². The van der Waals surface area contributed by atoms with Crippen LogP contribution in [0.15, 0.2) is 114 Å². The summed E-state index contributed by atoms with van der Waals surface area (Å²) in [6.45, 7) is 8.72. The van der Waals surface area contributed by atoms with Crippen LogP contribution in [-0.4, -0.2) is 9.97 Å². The van der Waals surface area contributed by atoms with Crippen molar-refractivity contribution < 1.29 is 24.5 Å². The first-order valence-corrected chi connectivity index (χ1v) is 14.2. The molecule has 3 heterocycles. The maximum Gasteiger partial charge on any atom is 0.134 e. The SMILES string of the molecule is CC(C)(C)c1ccnc(-c2[c-]ccc(-c3ccccc3)c2)c1.Cc1[c-]c2c(cc1)c1cccc3oc4ccnc2c4c31.[Ir]. The van der Waals surface area contributed by atoms with E-state index in [1.54, 1.807) is 0 Å². The molecule has 0 atom stereocenters. The summed E-state index contributed by atoms with van der Waals surface area (Å²) in [6, 6.07) is 40.1. The fourth-order valence-corrected chi connectivity index (χ4v) is 5.66. The summed E-state index contributed by atoms with van der Waals surface area (Å²) < 4.78 is 5.96. The van der Waals surface area contributed by atoms with E-state index >= 15 is 0 Å². The van der Waals surface area contributed by atoms with Gasteiger partial charge in [0.2, 0.25) is 0 Å². The molecule has 3 aromatic heterocycles. The van der Waals surface area contributed by atoms with Gasteiger partial charge in [0, 0.05) is 48.8 Å². The molecule has 8 aromatic rings. The van der Waals surface area contributed by atoms with Gasteiger partial charge in [0.25, 0.3) is 0 Å². The molecule has 8 rings (SSSR count). The Balaban J connectivity index is 0.000000150. The van der Waals surface area contributed by atoms with Gasteiger partial charge in [0.15, 0.2) is 0 Å². The van der Waals surface area contributed by atoms with E-state index in [1.807, 2.05) is 42.7 Å². The number of rotatable bonds is 2. The van der Waals surface area contributed by atoms with Crippen molar-refractivity contribution >= 4 is 43.6 Å². The number of nitrogens with zero attached hydrogens (tertiary/aromatic N) is 2. The zero-order valence-corrected chi connectivity index (χ0v) is 26.9. The van der Waals surface area contributed by atoms with Crippen LogP contribution in [0.2, 0.25) is 0 Å². The second kappa shape index (κ2) is 11.4. The average Bonchev–Trinajstić information content (AvgIpc) is 3.41. The molecular weight excluding hydrogens is 705 g/mol. The standard InChI is InChI=1S/C21H20N.C18H10NO.Ir/c1-21(2,3)19-12-13-22-20(15-19)18-11-7-10-17(14-18)16-8-5-4-6-9-16;1-10-5-6-11-12-3-2-4-14-16(12)17-15(20-14)7-8-19-18(17)13(11)9-10;/h4-10,12-15H,1-3H3;2-8H,1H3;/q2*-1;. The maximum absolute atomic E-state index is 5.96. The number of pyridine rings is 2. The van der Waals surface area contributed by atoms with E-state index in [-0.39, 0.29) is 25.5 Å². The number of furan rings is 1. The van der Waals surface area contributed by atoms with E-state index in [1.165, 1.54) is 32.8 Å².